The number of benzene rings is 2. The molecular weight excluding hydrogens is 420 g/mol. The number of nitro groups is 1. The van der Waals surface area contributed by atoms with Gasteiger partial charge in [0.2, 0.25) is 0 Å². The summed E-state index contributed by atoms with van der Waals surface area (Å²) in [5.41, 5.74) is 2.51. The van der Waals surface area contributed by atoms with Crippen molar-refractivity contribution in [3.05, 3.63) is 81.5 Å². The smallest absolute Gasteiger partial charge is 0.277 e. The summed E-state index contributed by atoms with van der Waals surface area (Å²) in [7, 11) is 0. The van der Waals surface area contributed by atoms with Gasteiger partial charge in [-0.25, -0.2) is 0 Å². The summed E-state index contributed by atoms with van der Waals surface area (Å²) in [4.78, 5) is 42.9. The molecule has 2 heterocycles. The summed E-state index contributed by atoms with van der Waals surface area (Å²) in [6.07, 6.45) is 1.61. The van der Waals surface area contributed by atoms with Gasteiger partial charge in [0, 0.05) is 51.4 Å². The first kappa shape index (κ1) is 22.7. The second-order valence-electron chi connectivity index (χ2n) is 8.39. The van der Waals surface area contributed by atoms with E-state index in [0.29, 0.717) is 36.5 Å². The number of nitro benzene ring substituents is 1. The fraction of sp³-hybridized carbons (Fsp3) is 0.360. The predicted molar refractivity (Wildman–Crippen MR) is 125 cm³/mol. The number of nitrogens with zero attached hydrogens (tertiary/aromatic N) is 4. The number of hydrogen-bond donors (Lipinski definition) is 0. The van der Waals surface area contributed by atoms with Gasteiger partial charge in [-0.3, -0.25) is 29.5 Å². The number of imide groups is 1. The molecule has 0 spiro atoms. The van der Waals surface area contributed by atoms with E-state index in [9.17, 15) is 19.7 Å². The third-order valence-corrected chi connectivity index (χ3v) is 6.18. The zero-order chi connectivity index (χ0) is 23.4. The summed E-state index contributed by atoms with van der Waals surface area (Å²) in [6.45, 7) is 6.08. The first-order chi connectivity index (χ1) is 16.0. The van der Waals surface area contributed by atoms with Crippen LogP contribution in [0.25, 0.3) is 5.57 Å². The second-order valence-corrected chi connectivity index (χ2v) is 8.39. The van der Waals surface area contributed by atoms with Crippen LogP contribution in [0, 0.1) is 10.1 Å². The van der Waals surface area contributed by atoms with Crippen molar-refractivity contribution in [3.8, 4) is 0 Å². The highest BCUT2D eigenvalue weighted by atomic mass is 16.6. The Labute approximate surface area is 193 Å². The van der Waals surface area contributed by atoms with Crippen LogP contribution in [0.1, 0.15) is 30.9 Å². The molecule has 0 bridgehead atoms. The average molecular weight is 449 g/mol. The van der Waals surface area contributed by atoms with Crippen molar-refractivity contribution < 1.29 is 14.5 Å². The van der Waals surface area contributed by atoms with Crippen molar-refractivity contribution >= 4 is 23.1 Å². The normalized spacial score (nSPS) is 17.2. The van der Waals surface area contributed by atoms with Gasteiger partial charge in [-0.05, 0) is 29.7 Å². The zero-order valence-corrected chi connectivity index (χ0v) is 18.8. The van der Waals surface area contributed by atoms with Crippen LogP contribution in [-0.4, -0.2) is 64.2 Å². The third kappa shape index (κ3) is 4.80. The molecule has 0 aromatic heterocycles. The van der Waals surface area contributed by atoms with Crippen molar-refractivity contribution in [3.63, 3.8) is 0 Å². The molecule has 0 saturated carbocycles. The van der Waals surface area contributed by atoms with Crippen LogP contribution in [0.5, 0.6) is 0 Å². The van der Waals surface area contributed by atoms with E-state index in [4.69, 9.17) is 0 Å². The van der Waals surface area contributed by atoms with Crippen LogP contribution >= 0.6 is 0 Å². The maximum atomic E-state index is 13.3. The molecular formula is C25H28N4O4. The predicted octanol–water partition coefficient (Wildman–Crippen LogP) is 3.29. The van der Waals surface area contributed by atoms with Crippen molar-refractivity contribution in [2.24, 2.45) is 0 Å². The van der Waals surface area contributed by atoms with Gasteiger partial charge < -0.3 is 4.90 Å². The zero-order valence-electron chi connectivity index (χ0n) is 18.8. The van der Waals surface area contributed by atoms with Crippen molar-refractivity contribution in [2.45, 2.75) is 26.3 Å². The summed E-state index contributed by atoms with van der Waals surface area (Å²) >= 11 is 0. The minimum atomic E-state index is -0.472. The number of non-ortho nitro benzene ring substituents is 1. The second kappa shape index (κ2) is 9.95. The highest BCUT2D eigenvalue weighted by Crippen LogP contribution is 2.33. The van der Waals surface area contributed by atoms with Gasteiger partial charge in [-0.2, -0.15) is 0 Å². The molecule has 8 nitrogen and oxygen atoms in total. The lowest BCUT2D eigenvalue weighted by Gasteiger charge is -2.36. The van der Waals surface area contributed by atoms with E-state index in [1.165, 1.54) is 22.6 Å². The van der Waals surface area contributed by atoms with Gasteiger partial charge in [0.25, 0.3) is 17.5 Å². The Morgan fingerprint density at radius 1 is 0.909 bits per heavy atom. The van der Waals surface area contributed by atoms with E-state index >= 15 is 0 Å². The molecule has 2 amide bonds. The lowest BCUT2D eigenvalue weighted by Crippen LogP contribution is -2.47. The summed E-state index contributed by atoms with van der Waals surface area (Å²) in [6, 6.07) is 16.1. The van der Waals surface area contributed by atoms with E-state index in [2.05, 4.69) is 17.0 Å². The molecule has 0 atom stereocenters. The maximum absolute atomic E-state index is 13.3. The minimum absolute atomic E-state index is 0.0463. The minimum Gasteiger partial charge on any atom is -0.364 e. The molecule has 0 unspecified atom stereocenters. The molecule has 172 valence electrons. The number of amides is 2. The molecule has 2 aliphatic heterocycles. The van der Waals surface area contributed by atoms with Crippen molar-refractivity contribution in [1.82, 2.24) is 14.7 Å². The van der Waals surface area contributed by atoms with Gasteiger partial charge in [0.15, 0.2) is 0 Å². The van der Waals surface area contributed by atoms with Crippen molar-refractivity contribution in [1.29, 1.82) is 0 Å². The maximum Gasteiger partial charge on any atom is 0.277 e. The van der Waals surface area contributed by atoms with Crippen LogP contribution in [0.4, 0.5) is 5.69 Å². The average Bonchev–Trinajstić information content (AvgIpc) is 3.08. The number of piperazine rings is 1. The molecule has 33 heavy (non-hydrogen) atoms. The van der Waals surface area contributed by atoms with E-state index in [1.54, 1.807) is 12.1 Å². The standard InChI is InChI=1S/C25H28N4O4/c1-2-3-13-28-24(30)22(20-9-11-21(12-10-20)29(32)33)23(25(28)31)27-16-14-26(15-17-27)18-19-7-5-4-6-8-19/h4-12H,2-3,13-18H2,1H3. The van der Waals surface area contributed by atoms with Gasteiger partial charge in [0.1, 0.15) is 5.70 Å². The Balaban J connectivity index is 1.58. The molecule has 1 saturated heterocycles. The molecule has 2 aromatic carbocycles. The fourth-order valence-corrected chi connectivity index (χ4v) is 4.36. The summed E-state index contributed by atoms with van der Waals surface area (Å²) in [5, 5.41) is 11.0. The molecule has 1 fully saturated rings. The van der Waals surface area contributed by atoms with Gasteiger partial charge in [-0.1, -0.05) is 43.7 Å². The van der Waals surface area contributed by atoms with Crippen LogP contribution in [0.2, 0.25) is 0 Å². The third-order valence-electron chi connectivity index (χ3n) is 6.18. The fourth-order valence-electron chi connectivity index (χ4n) is 4.36. The molecule has 2 aromatic rings. The van der Waals surface area contributed by atoms with Crippen LogP contribution in [0.15, 0.2) is 60.3 Å². The van der Waals surface area contributed by atoms with E-state index < -0.39 is 4.92 Å². The number of carbonyl (C=O) groups excluding carboxylic acids is 2. The van der Waals surface area contributed by atoms with E-state index in [-0.39, 0.29) is 17.5 Å². The molecule has 0 radical (unpaired) electrons. The van der Waals surface area contributed by atoms with Crippen LogP contribution < -0.4 is 0 Å². The first-order valence-electron chi connectivity index (χ1n) is 11.4. The number of carbonyl (C=O) groups is 2. The lowest BCUT2D eigenvalue weighted by molar-refractivity contribution is -0.384. The van der Waals surface area contributed by atoms with Gasteiger partial charge in [0.05, 0.1) is 10.5 Å². The van der Waals surface area contributed by atoms with Gasteiger partial charge in [-0.15, -0.1) is 0 Å². The largest absolute Gasteiger partial charge is 0.364 e. The lowest BCUT2D eigenvalue weighted by atomic mass is 10.0. The Bertz CT molecular complexity index is 1060. The summed E-state index contributed by atoms with van der Waals surface area (Å²) < 4.78 is 0. The summed E-state index contributed by atoms with van der Waals surface area (Å²) in [5.74, 6) is -0.581. The molecule has 2 aliphatic rings. The SMILES string of the molecule is CCCCN1C(=O)C(c2ccc([N+](=O)[O-])cc2)=C(N2CCN(Cc3ccccc3)CC2)C1=O. The Morgan fingerprint density at radius 2 is 1.58 bits per heavy atom. The number of unbranched alkanes of at least 4 members (excludes halogenated alkanes) is 1. The van der Waals surface area contributed by atoms with Crippen LogP contribution in [0.3, 0.4) is 0 Å². The van der Waals surface area contributed by atoms with E-state index in [1.807, 2.05) is 30.0 Å². The highest BCUT2D eigenvalue weighted by Gasteiger charge is 2.41. The number of rotatable bonds is 8. The topological polar surface area (TPSA) is 87.0 Å². The van der Waals surface area contributed by atoms with Crippen molar-refractivity contribution in [2.75, 3.05) is 32.7 Å². The Hall–Kier alpha value is -3.52. The highest BCUT2D eigenvalue weighted by molar-refractivity contribution is 6.35. The van der Waals surface area contributed by atoms with Gasteiger partial charge >= 0.3 is 0 Å². The first-order valence-corrected chi connectivity index (χ1v) is 11.4. The van der Waals surface area contributed by atoms with Crippen LogP contribution in [-0.2, 0) is 16.1 Å². The monoisotopic (exact) mass is 448 g/mol. The number of hydrogen-bond acceptors (Lipinski definition) is 6. The van der Waals surface area contributed by atoms with E-state index in [0.717, 1.165) is 32.5 Å². The molecule has 0 aliphatic carbocycles. The molecule has 0 N–H and O–H groups in total. The molecule has 4 rings (SSSR count). The Kier molecular flexibility index (Phi) is 6.84. The molecule has 8 heteroatoms. The quantitative estimate of drug-likeness (QED) is 0.350. The Morgan fingerprint density at radius 3 is 2.18 bits per heavy atom.